The fraction of sp³-hybridized carbons (Fsp3) is 0.294. The Labute approximate surface area is 139 Å². The van der Waals surface area contributed by atoms with Crippen LogP contribution in [0.15, 0.2) is 58.1 Å². The van der Waals surface area contributed by atoms with Gasteiger partial charge in [-0.15, -0.1) is 0 Å². The second-order valence-corrected chi connectivity index (χ2v) is 6.31. The molecule has 1 aromatic heterocycles. The van der Waals surface area contributed by atoms with Gasteiger partial charge in [-0.25, -0.2) is 0 Å². The number of nitrogens with zero attached hydrogens (tertiary/aromatic N) is 2. The van der Waals surface area contributed by atoms with Crippen molar-refractivity contribution in [3.8, 4) is 0 Å². The van der Waals surface area contributed by atoms with Crippen LogP contribution in [-0.4, -0.2) is 24.0 Å². The maximum absolute atomic E-state index is 4.30. The van der Waals surface area contributed by atoms with Gasteiger partial charge in [-0.05, 0) is 36.2 Å². The van der Waals surface area contributed by atoms with Crippen LogP contribution < -0.4 is 10.6 Å². The lowest BCUT2D eigenvalue weighted by molar-refractivity contribution is 0.779. The first-order valence-electron chi connectivity index (χ1n) is 7.39. The summed E-state index contributed by atoms with van der Waals surface area (Å²) in [6.07, 6.45) is 2.95. The minimum atomic E-state index is 0.455. The summed E-state index contributed by atoms with van der Waals surface area (Å²) in [5.74, 6) is 1.40. The molecule has 2 aromatic rings. The van der Waals surface area contributed by atoms with Crippen LogP contribution in [0.25, 0.3) is 0 Å². The van der Waals surface area contributed by atoms with Crippen molar-refractivity contribution < 1.29 is 0 Å². The zero-order valence-electron chi connectivity index (χ0n) is 12.5. The van der Waals surface area contributed by atoms with Crippen molar-refractivity contribution in [1.82, 2.24) is 15.6 Å². The van der Waals surface area contributed by atoms with E-state index in [2.05, 4.69) is 60.8 Å². The summed E-state index contributed by atoms with van der Waals surface area (Å²) < 4.78 is 1.12. The van der Waals surface area contributed by atoms with Gasteiger partial charge >= 0.3 is 0 Å². The summed E-state index contributed by atoms with van der Waals surface area (Å²) in [5, 5.41) is 6.78. The molecule has 5 heteroatoms. The average molecular weight is 359 g/mol. The molecule has 2 atom stereocenters. The summed E-state index contributed by atoms with van der Waals surface area (Å²) >= 11 is 3.47. The highest BCUT2D eigenvalue weighted by Gasteiger charge is 2.38. The van der Waals surface area contributed by atoms with E-state index in [9.17, 15) is 0 Å². The highest BCUT2D eigenvalue weighted by Crippen LogP contribution is 2.40. The Kier molecular flexibility index (Phi) is 4.73. The van der Waals surface area contributed by atoms with Gasteiger partial charge in [0.1, 0.15) is 0 Å². The number of benzene rings is 1. The zero-order valence-corrected chi connectivity index (χ0v) is 14.0. The van der Waals surface area contributed by atoms with Crippen LogP contribution >= 0.6 is 15.9 Å². The van der Waals surface area contributed by atoms with Crippen LogP contribution in [0, 0.1) is 0 Å². The first kappa shape index (κ1) is 15.0. The van der Waals surface area contributed by atoms with E-state index in [0.717, 1.165) is 22.5 Å². The lowest BCUT2D eigenvalue weighted by Gasteiger charge is -2.11. The Morgan fingerprint density at radius 2 is 2.09 bits per heavy atom. The molecule has 1 aromatic carbocycles. The quantitative estimate of drug-likeness (QED) is 0.652. The standard InChI is InChI=1S/C17H19BrN4/c1-19-17(21-11-14-4-2-3-9-20-14)22-16-10-15(16)12-5-7-13(18)8-6-12/h2-9,15-16H,10-11H2,1H3,(H2,19,21,22). The van der Waals surface area contributed by atoms with E-state index >= 15 is 0 Å². The van der Waals surface area contributed by atoms with E-state index in [0.29, 0.717) is 18.5 Å². The summed E-state index contributed by atoms with van der Waals surface area (Å²) in [4.78, 5) is 8.59. The van der Waals surface area contributed by atoms with Crippen LogP contribution in [0.2, 0.25) is 0 Å². The Balaban J connectivity index is 1.51. The molecule has 2 N–H and O–H groups in total. The summed E-state index contributed by atoms with van der Waals surface area (Å²) in [7, 11) is 1.80. The van der Waals surface area contributed by atoms with Gasteiger partial charge in [-0.1, -0.05) is 34.1 Å². The Bertz CT molecular complexity index is 639. The number of halogens is 1. The van der Waals surface area contributed by atoms with Gasteiger partial charge in [0.15, 0.2) is 5.96 Å². The molecule has 1 heterocycles. The van der Waals surface area contributed by atoms with E-state index in [1.165, 1.54) is 5.56 Å². The lowest BCUT2D eigenvalue weighted by Crippen LogP contribution is -2.38. The van der Waals surface area contributed by atoms with E-state index < -0.39 is 0 Å². The van der Waals surface area contributed by atoms with Crippen molar-refractivity contribution in [1.29, 1.82) is 0 Å². The Hall–Kier alpha value is -1.88. The second kappa shape index (κ2) is 6.92. The fourth-order valence-corrected chi connectivity index (χ4v) is 2.74. The molecule has 1 aliphatic rings. The first-order valence-corrected chi connectivity index (χ1v) is 8.18. The van der Waals surface area contributed by atoms with Gasteiger partial charge in [-0.2, -0.15) is 0 Å². The van der Waals surface area contributed by atoms with Crippen molar-refractivity contribution in [3.05, 3.63) is 64.4 Å². The monoisotopic (exact) mass is 358 g/mol. The molecular formula is C17H19BrN4. The molecular weight excluding hydrogens is 340 g/mol. The number of hydrogen-bond acceptors (Lipinski definition) is 2. The first-order chi connectivity index (χ1) is 10.8. The topological polar surface area (TPSA) is 49.3 Å². The lowest BCUT2D eigenvalue weighted by atomic mass is 10.1. The number of nitrogens with one attached hydrogen (secondary N) is 2. The van der Waals surface area contributed by atoms with Gasteiger partial charge < -0.3 is 10.6 Å². The van der Waals surface area contributed by atoms with Gasteiger partial charge in [0, 0.05) is 29.7 Å². The third-order valence-corrected chi connectivity index (χ3v) is 4.33. The highest BCUT2D eigenvalue weighted by molar-refractivity contribution is 9.10. The smallest absolute Gasteiger partial charge is 0.191 e. The number of rotatable bonds is 4. The Morgan fingerprint density at radius 3 is 2.77 bits per heavy atom. The molecule has 0 amide bonds. The fourth-order valence-electron chi connectivity index (χ4n) is 2.48. The maximum atomic E-state index is 4.30. The number of hydrogen-bond donors (Lipinski definition) is 2. The minimum absolute atomic E-state index is 0.455. The predicted octanol–water partition coefficient (Wildman–Crippen LogP) is 3.07. The average Bonchev–Trinajstić information content (AvgIpc) is 3.32. The van der Waals surface area contributed by atoms with Gasteiger partial charge in [0.25, 0.3) is 0 Å². The molecule has 1 fully saturated rings. The largest absolute Gasteiger partial charge is 0.353 e. The molecule has 0 aliphatic heterocycles. The van der Waals surface area contributed by atoms with E-state index in [4.69, 9.17) is 0 Å². The van der Waals surface area contributed by atoms with E-state index in [-0.39, 0.29) is 0 Å². The number of aromatic nitrogens is 1. The van der Waals surface area contributed by atoms with E-state index in [1.54, 1.807) is 13.2 Å². The minimum Gasteiger partial charge on any atom is -0.353 e. The van der Waals surface area contributed by atoms with Crippen molar-refractivity contribution >= 4 is 21.9 Å². The van der Waals surface area contributed by atoms with Crippen molar-refractivity contribution in [2.24, 2.45) is 4.99 Å². The van der Waals surface area contributed by atoms with Crippen LogP contribution in [0.5, 0.6) is 0 Å². The van der Waals surface area contributed by atoms with E-state index in [1.807, 2.05) is 18.2 Å². The summed E-state index contributed by atoms with van der Waals surface area (Å²) in [6, 6.07) is 14.9. The van der Waals surface area contributed by atoms with Crippen molar-refractivity contribution in [2.45, 2.75) is 24.9 Å². The van der Waals surface area contributed by atoms with Gasteiger partial charge in [0.05, 0.1) is 12.2 Å². The van der Waals surface area contributed by atoms with Crippen LogP contribution in [-0.2, 0) is 6.54 Å². The van der Waals surface area contributed by atoms with Crippen molar-refractivity contribution in [3.63, 3.8) is 0 Å². The molecule has 2 unspecified atom stereocenters. The molecule has 0 spiro atoms. The SMILES string of the molecule is CN=C(NCc1ccccn1)NC1CC1c1ccc(Br)cc1. The third-order valence-electron chi connectivity index (χ3n) is 3.80. The molecule has 0 radical (unpaired) electrons. The molecule has 114 valence electrons. The molecule has 4 nitrogen and oxygen atoms in total. The van der Waals surface area contributed by atoms with Gasteiger partial charge in [-0.3, -0.25) is 9.98 Å². The highest BCUT2D eigenvalue weighted by atomic mass is 79.9. The summed E-state index contributed by atoms with van der Waals surface area (Å²) in [6.45, 7) is 0.677. The molecule has 1 saturated carbocycles. The van der Waals surface area contributed by atoms with Crippen LogP contribution in [0.3, 0.4) is 0 Å². The van der Waals surface area contributed by atoms with Crippen LogP contribution in [0.4, 0.5) is 0 Å². The third kappa shape index (κ3) is 3.85. The molecule has 0 saturated heterocycles. The second-order valence-electron chi connectivity index (χ2n) is 5.39. The number of pyridine rings is 1. The molecule has 0 bridgehead atoms. The Morgan fingerprint density at radius 1 is 1.27 bits per heavy atom. The molecule has 3 rings (SSSR count). The predicted molar refractivity (Wildman–Crippen MR) is 92.9 cm³/mol. The number of aliphatic imine (C=N–C) groups is 1. The number of guanidine groups is 1. The maximum Gasteiger partial charge on any atom is 0.191 e. The molecule has 1 aliphatic carbocycles. The van der Waals surface area contributed by atoms with Gasteiger partial charge in [0.2, 0.25) is 0 Å². The molecule has 22 heavy (non-hydrogen) atoms. The van der Waals surface area contributed by atoms with Crippen molar-refractivity contribution in [2.75, 3.05) is 7.05 Å². The van der Waals surface area contributed by atoms with Crippen LogP contribution in [0.1, 0.15) is 23.6 Å². The normalized spacial score (nSPS) is 20.5. The summed E-state index contributed by atoms with van der Waals surface area (Å²) in [5.41, 5.74) is 2.38. The zero-order chi connectivity index (χ0) is 15.4.